The summed E-state index contributed by atoms with van der Waals surface area (Å²) < 4.78 is 3.80. The van der Waals surface area contributed by atoms with Gasteiger partial charge in [0, 0.05) is 18.8 Å². The Morgan fingerprint density at radius 3 is 2.68 bits per heavy atom. The SMILES string of the molecule is C[C@@H](NCc1ccn(C2CCCC2)n1)c1ccc(-n2cnnn2)cc1. The summed E-state index contributed by atoms with van der Waals surface area (Å²) in [4.78, 5) is 0. The molecule has 1 N–H and O–H groups in total. The number of nitrogens with one attached hydrogen (secondary N) is 1. The molecule has 2 heterocycles. The van der Waals surface area contributed by atoms with E-state index in [2.05, 4.69) is 56.8 Å². The van der Waals surface area contributed by atoms with E-state index in [-0.39, 0.29) is 6.04 Å². The molecule has 4 rings (SSSR count). The Hall–Kier alpha value is -2.54. The van der Waals surface area contributed by atoms with Crippen molar-refractivity contribution in [2.24, 2.45) is 0 Å². The summed E-state index contributed by atoms with van der Waals surface area (Å²) in [6, 6.07) is 11.2. The lowest BCUT2D eigenvalue weighted by Crippen LogP contribution is -2.18. The van der Waals surface area contributed by atoms with Crippen molar-refractivity contribution < 1.29 is 0 Å². The normalized spacial score (nSPS) is 16.4. The Balaban J connectivity index is 1.35. The van der Waals surface area contributed by atoms with Crippen LogP contribution in [0.15, 0.2) is 42.9 Å². The number of rotatable bonds is 6. The smallest absolute Gasteiger partial charge is 0.143 e. The van der Waals surface area contributed by atoms with Gasteiger partial charge in [0.05, 0.1) is 17.4 Å². The topological polar surface area (TPSA) is 73.5 Å². The molecule has 1 aliphatic carbocycles. The summed E-state index contributed by atoms with van der Waals surface area (Å²) >= 11 is 0. The minimum atomic E-state index is 0.250. The van der Waals surface area contributed by atoms with Crippen LogP contribution in [0.2, 0.25) is 0 Å². The first kappa shape index (κ1) is 16.0. The molecule has 7 heteroatoms. The highest BCUT2D eigenvalue weighted by atomic mass is 15.5. The summed E-state index contributed by atoms with van der Waals surface area (Å²) in [5.74, 6) is 0. The third-order valence-electron chi connectivity index (χ3n) is 4.96. The van der Waals surface area contributed by atoms with E-state index >= 15 is 0 Å². The third-order valence-corrected chi connectivity index (χ3v) is 4.96. The first-order valence-electron chi connectivity index (χ1n) is 8.90. The molecule has 0 unspecified atom stereocenters. The number of nitrogens with zero attached hydrogens (tertiary/aromatic N) is 6. The molecule has 1 aromatic carbocycles. The monoisotopic (exact) mass is 337 g/mol. The summed E-state index contributed by atoms with van der Waals surface area (Å²) in [5, 5.41) is 19.5. The number of benzene rings is 1. The van der Waals surface area contributed by atoms with Crippen molar-refractivity contribution in [3.8, 4) is 5.69 Å². The summed E-state index contributed by atoms with van der Waals surface area (Å²) in [5.41, 5.74) is 3.28. The molecule has 1 aliphatic rings. The molecule has 1 atom stereocenters. The lowest BCUT2D eigenvalue weighted by molar-refractivity contribution is 0.458. The van der Waals surface area contributed by atoms with E-state index in [1.807, 2.05) is 12.1 Å². The highest BCUT2D eigenvalue weighted by Crippen LogP contribution is 2.28. The summed E-state index contributed by atoms with van der Waals surface area (Å²) in [6.07, 6.45) is 8.90. The Morgan fingerprint density at radius 1 is 1.16 bits per heavy atom. The molecule has 0 aliphatic heterocycles. The molecule has 0 bridgehead atoms. The standard InChI is InChI=1S/C18H23N7/c1-14(15-6-8-18(9-7-15)25-13-20-22-23-25)19-12-16-10-11-24(21-16)17-4-2-3-5-17/h6-11,13-14,17,19H,2-5,12H2,1H3/t14-/m1/s1. The second kappa shape index (κ2) is 7.14. The molecule has 3 aromatic rings. The Morgan fingerprint density at radius 2 is 1.96 bits per heavy atom. The molecule has 0 spiro atoms. The minimum Gasteiger partial charge on any atom is -0.304 e. The van der Waals surface area contributed by atoms with Crippen LogP contribution >= 0.6 is 0 Å². The van der Waals surface area contributed by atoms with Gasteiger partial charge in [-0.15, -0.1) is 5.10 Å². The van der Waals surface area contributed by atoms with Gasteiger partial charge >= 0.3 is 0 Å². The van der Waals surface area contributed by atoms with E-state index in [0.29, 0.717) is 6.04 Å². The van der Waals surface area contributed by atoms with Gasteiger partial charge in [0.25, 0.3) is 0 Å². The van der Waals surface area contributed by atoms with Crippen molar-refractivity contribution in [3.05, 3.63) is 54.1 Å². The van der Waals surface area contributed by atoms with E-state index in [1.54, 1.807) is 11.0 Å². The fourth-order valence-corrected chi connectivity index (χ4v) is 3.41. The predicted molar refractivity (Wildman–Crippen MR) is 94.1 cm³/mol. The quantitative estimate of drug-likeness (QED) is 0.749. The van der Waals surface area contributed by atoms with Crippen LogP contribution in [0.25, 0.3) is 5.69 Å². The lowest BCUT2D eigenvalue weighted by Gasteiger charge is -2.14. The Kier molecular flexibility index (Phi) is 4.56. The molecule has 0 radical (unpaired) electrons. The van der Waals surface area contributed by atoms with Crippen LogP contribution in [0, 0.1) is 0 Å². The van der Waals surface area contributed by atoms with Crippen molar-refractivity contribution in [3.63, 3.8) is 0 Å². The van der Waals surface area contributed by atoms with Crippen LogP contribution in [0.1, 0.15) is 55.9 Å². The fraction of sp³-hybridized carbons (Fsp3) is 0.444. The number of hydrogen-bond acceptors (Lipinski definition) is 5. The van der Waals surface area contributed by atoms with Gasteiger partial charge < -0.3 is 5.32 Å². The van der Waals surface area contributed by atoms with E-state index in [9.17, 15) is 0 Å². The molecule has 0 amide bonds. The highest BCUT2D eigenvalue weighted by molar-refractivity contribution is 5.34. The molecule has 1 saturated carbocycles. The number of hydrogen-bond donors (Lipinski definition) is 1. The number of tetrazole rings is 1. The molecule has 2 aromatic heterocycles. The van der Waals surface area contributed by atoms with Gasteiger partial charge in [-0.2, -0.15) is 5.10 Å². The van der Waals surface area contributed by atoms with Gasteiger partial charge in [-0.05, 0) is 54.0 Å². The maximum Gasteiger partial charge on any atom is 0.143 e. The average Bonchev–Trinajstić information content (AvgIpc) is 3.42. The van der Waals surface area contributed by atoms with Crippen molar-refractivity contribution in [1.82, 2.24) is 35.3 Å². The van der Waals surface area contributed by atoms with Crippen molar-refractivity contribution >= 4 is 0 Å². The van der Waals surface area contributed by atoms with Crippen LogP contribution in [-0.2, 0) is 6.54 Å². The minimum absolute atomic E-state index is 0.250. The van der Waals surface area contributed by atoms with Crippen molar-refractivity contribution in [2.45, 2.75) is 51.2 Å². The molecule has 0 saturated heterocycles. The van der Waals surface area contributed by atoms with Gasteiger partial charge in [-0.1, -0.05) is 25.0 Å². The first-order chi connectivity index (χ1) is 12.3. The lowest BCUT2D eigenvalue weighted by atomic mass is 10.1. The maximum atomic E-state index is 4.73. The summed E-state index contributed by atoms with van der Waals surface area (Å²) in [7, 11) is 0. The van der Waals surface area contributed by atoms with Gasteiger partial charge in [0.15, 0.2) is 0 Å². The van der Waals surface area contributed by atoms with Gasteiger partial charge in [-0.3, -0.25) is 4.68 Å². The Bertz CT molecular complexity index is 785. The van der Waals surface area contributed by atoms with Crippen LogP contribution in [0.5, 0.6) is 0 Å². The van der Waals surface area contributed by atoms with E-state index in [0.717, 1.165) is 17.9 Å². The van der Waals surface area contributed by atoms with Gasteiger partial charge in [-0.25, -0.2) is 4.68 Å². The van der Waals surface area contributed by atoms with Crippen LogP contribution in [0.4, 0.5) is 0 Å². The zero-order valence-corrected chi connectivity index (χ0v) is 14.4. The molecule has 130 valence electrons. The second-order valence-corrected chi connectivity index (χ2v) is 6.67. The van der Waals surface area contributed by atoms with Crippen LogP contribution in [0.3, 0.4) is 0 Å². The first-order valence-corrected chi connectivity index (χ1v) is 8.90. The van der Waals surface area contributed by atoms with E-state index < -0.39 is 0 Å². The molecular formula is C18H23N7. The largest absolute Gasteiger partial charge is 0.304 e. The molecule has 7 nitrogen and oxygen atoms in total. The van der Waals surface area contributed by atoms with Gasteiger partial charge in [0.2, 0.25) is 0 Å². The molecule has 25 heavy (non-hydrogen) atoms. The second-order valence-electron chi connectivity index (χ2n) is 6.67. The van der Waals surface area contributed by atoms with E-state index in [1.165, 1.54) is 31.2 Å². The summed E-state index contributed by atoms with van der Waals surface area (Å²) in [6.45, 7) is 2.94. The predicted octanol–water partition coefficient (Wildman–Crippen LogP) is 2.82. The highest BCUT2D eigenvalue weighted by Gasteiger charge is 2.17. The molecule has 1 fully saturated rings. The zero-order chi connectivity index (χ0) is 17.1. The van der Waals surface area contributed by atoms with Gasteiger partial charge in [0.1, 0.15) is 6.33 Å². The van der Waals surface area contributed by atoms with E-state index in [4.69, 9.17) is 5.10 Å². The Labute approximate surface area is 147 Å². The molecular weight excluding hydrogens is 314 g/mol. The van der Waals surface area contributed by atoms with Crippen LogP contribution in [-0.4, -0.2) is 30.0 Å². The average molecular weight is 337 g/mol. The fourth-order valence-electron chi connectivity index (χ4n) is 3.41. The van der Waals surface area contributed by atoms with Crippen LogP contribution < -0.4 is 5.32 Å². The van der Waals surface area contributed by atoms with Crippen molar-refractivity contribution in [1.29, 1.82) is 0 Å². The zero-order valence-electron chi connectivity index (χ0n) is 14.4. The van der Waals surface area contributed by atoms with Crippen molar-refractivity contribution in [2.75, 3.05) is 0 Å². The maximum absolute atomic E-state index is 4.73. The third kappa shape index (κ3) is 3.61. The number of aromatic nitrogens is 6.